The van der Waals surface area contributed by atoms with Gasteiger partial charge < -0.3 is 15.4 Å². The molecule has 0 bridgehead atoms. The van der Waals surface area contributed by atoms with Crippen molar-refractivity contribution in [1.82, 2.24) is 9.88 Å². The first-order valence-corrected chi connectivity index (χ1v) is 5.69. The standard InChI is InChI=1S/C12H17N3O2/c1-15(2)12(16)10-5-9(17-8-3-4-8)7-14-11(10)6-13/h5,7-8H,3-4,6,13H2,1-2H3. The zero-order chi connectivity index (χ0) is 12.4. The second-order valence-corrected chi connectivity index (χ2v) is 4.39. The highest BCUT2D eigenvalue weighted by atomic mass is 16.5. The van der Waals surface area contributed by atoms with Crippen LogP contribution in [0.15, 0.2) is 12.3 Å². The van der Waals surface area contributed by atoms with Gasteiger partial charge in [0.05, 0.1) is 23.6 Å². The molecule has 1 saturated carbocycles. The number of ether oxygens (including phenoxy) is 1. The minimum Gasteiger partial charge on any atom is -0.489 e. The molecule has 0 radical (unpaired) electrons. The lowest BCUT2D eigenvalue weighted by atomic mass is 10.1. The molecule has 0 unspecified atom stereocenters. The van der Waals surface area contributed by atoms with E-state index in [9.17, 15) is 4.79 Å². The molecule has 1 heterocycles. The summed E-state index contributed by atoms with van der Waals surface area (Å²) in [6.45, 7) is 0.249. The minimum atomic E-state index is -0.0980. The van der Waals surface area contributed by atoms with Crippen molar-refractivity contribution < 1.29 is 9.53 Å². The van der Waals surface area contributed by atoms with Crippen molar-refractivity contribution in [2.75, 3.05) is 14.1 Å². The van der Waals surface area contributed by atoms with E-state index in [-0.39, 0.29) is 12.5 Å². The Bertz CT molecular complexity index is 428. The molecule has 1 aliphatic rings. The van der Waals surface area contributed by atoms with Gasteiger partial charge >= 0.3 is 0 Å². The summed E-state index contributed by atoms with van der Waals surface area (Å²) in [7, 11) is 3.41. The molecule has 1 amide bonds. The van der Waals surface area contributed by atoms with Crippen LogP contribution in [0.3, 0.4) is 0 Å². The molecule has 2 N–H and O–H groups in total. The van der Waals surface area contributed by atoms with Gasteiger partial charge in [-0.05, 0) is 18.9 Å². The van der Waals surface area contributed by atoms with Gasteiger partial charge in [0.15, 0.2) is 0 Å². The first kappa shape index (κ1) is 11.9. The van der Waals surface area contributed by atoms with E-state index in [1.165, 1.54) is 4.90 Å². The highest BCUT2D eigenvalue weighted by molar-refractivity contribution is 5.95. The van der Waals surface area contributed by atoms with Gasteiger partial charge in [0, 0.05) is 20.6 Å². The Labute approximate surface area is 101 Å². The smallest absolute Gasteiger partial charge is 0.255 e. The normalized spacial score (nSPS) is 14.5. The van der Waals surface area contributed by atoms with Crippen LogP contribution in [0.25, 0.3) is 0 Å². The SMILES string of the molecule is CN(C)C(=O)c1cc(OC2CC2)cnc1CN. The number of carbonyl (C=O) groups excluding carboxylic acids is 1. The molecule has 0 aliphatic heterocycles. The average molecular weight is 235 g/mol. The molecular formula is C12H17N3O2. The molecule has 0 saturated heterocycles. The number of nitrogens with two attached hydrogens (primary N) is 1. The van der Waals surface area contributed by atoms with Gasteiger partial charge in [0.2, 0.25) is 0 Å². The van der Waals surface area contributed by atoms with Crippen LogP contribution in [-0.2, 0) is 6.54 Å². The predicted octanol–water partition coefficient (Wildman–Crippen LogP) is 0.783. The zero-order valence-corrected chi connectivity index (χ0v) is 10.1. The van der Waals surface area contributed by atoms with Crippen molar-refractivity contribution in [3.63, 3.8) is 0 Å². The third-order valence-electron chi connectivity index (χ3n) is 2.60. The molecule has 1 aromatic rings. The summed E-state index contributed by atoms with van der Waals surface area (Å²) in [6.07, 6.45) is 4.08. The van der Waals surface area contributed by atoms with Crippen molar-refractivity contribution in [3.05, 3.63) is 23.5 Å². The lowest BCUT2D eigenvalue weighted by Gasteiger charge is -2.14. The third kappa shape index (κ3) is 2.74. The van der Waals surface area contributed by atoms with Gasteiger partial charge in [-0.25, -0.2) is 0 Å². The fourth-order valence-electron chi connectivity index (χ4n) is 1.51. The minimum absolute atomic E-state index is 0.0980. The highest BCUT2D eigenvalue weighted by Gasteiger charge is 2.24. The van der Waals surface area contributed by atoms with E-state index >= 15 is 0 Å². The number of pyridine rings is 1. The van der Waals surface area contributed by atoms with Crippen molar-refractivity contribution in [3.8, 4) is 5.75 Å². The number of amides is 1. The zero-order valence-electron chi connectivity index (χ0n) is 10.1. The summed E-state index contributed by atoms with van der Waals surface area (Å²) in [6, 6.07) is 1.73. The molecule has 2 rings (SSSR count). The first-order chi connectivity index (χ1) is 8.11. The van der Waals surface area contributed by atoms with E-state index in [1.807, 2.05) is 0 Å². The molecule has 1 fully saturated rings. The maximum atomic E-state index is 12.0. The molecule has 1 aromatic heterocycles. The van der Waals surface area contributed by atoms with E-state index in [4.69, 9.17) is 10.5 Å². The van der Waals surface area contributed by atoms with Crippen molar-refractivity contribution >= 4 is 5.91 Å². The molecule has 1 aliphatic carbocycles. The summed E-state index contributed by atoms with van der Waals surface area (Å²) in [5, 5.41) is 0. The quantitative estimate of drug-likeness (QED) is 0.837. The van der Waals surface area contributed by atoms with Crippen LogP contribution in [0.1, 0.15) is 28.9 Å². The van der Waals surface area contributed by atoms with Gasteiger partial charge in [0.25, 0.3) is 5.91 Å². The molecule has 0 aromatic carbocycles. The van der Waals surface area contributed by atoms with Crippen LogP contribution in [0.2, 0.25) is 0 Å². The summed E-state index contributed by atoms with van der Waals surface area (Å²) in [5.74, 6) is 0.550. The average Bonchev–Trinajstić information content (AvgIpc) is 3.11. The van der Waals surface area contributed by atoms with Crippen molar-refractivity contribution in [2.24, 2.45) is 5.73 Å². The fourth-order valence-corrected chi connectivity index (χ4v) is 1.51. The molecular weight excluding hydrogens is 218 g/mol. The summed E-state index contributed by atoms with van der Waals surface area (Å²) < 4.78 is 5.62. The van der Waals surface area contributed by atoms with E-state index in [0.717, 1.165) is 12.8 Å². The first-order valence-electron chi connectivity index (χ1n) is 5.69. The predicted molar refractivity (Wildman–Crippen MR) is 63.8 cm³/mol. The number of rotatable bonds is 4. The third-order valence-corrected chi connectivity index (χ3v) is 2.60. The Balaban J connectivity index is 2.27. The topological polar surface area (TPSA) is 68.5 Å². The summed E-state index contributed by atoms with van der Waals surface area (Å²) in [4.78, 5) is 17.6. The number of nitrogens with zero attached hydrogens (tertiary/aromatic N) is 2. The Morgan fingerprint density at radius 2 is 2.29 bits per heavy atom. The maximum absolute atomic E-state index is 12.0. The molecule has 5 heteroatoms. The monoisotopic (exact) mass is 235 g/mol. The Morgan fingerprint density at radius 3 is 2.82 bits per heavy atom. The van der Waals surface area contributed by atoms with E-state index in [0.29, 0.717) is 23.1 Å². The van der Waals surface area contributed by atoms with Crippen LogP contribution in [0.5, 0.6) is 5.75 Å². The molecule has 0 atom stereocenters. The Hall–Kier alpha value is -1.62. The summed E-state index contributed by atoms with van der Waals surface area (Å²) >= 11 is 0. The van der Waals surface area contributed by atoms with Crippen LogP contribution < -0.4 is 10.5 Å². The van der Waals surface area contributed by atoms with Crippen molar-refractivity contribution in [2.45, 2.75) is 25.5 Å². The van der Waals surface area contributed by atoms with Crippen LogP contribution in [0.4, 0.5) is 0 Å². The molecule has 0 spiro atoms. The van der Waals surface area contributed by atoms with E-state index in [1.54, 1.807) is 26.4 Å². The number of hydrogen-bond acceptors (Lipinski definition) is 4. The van der Waals surface area contributed by atoms with Gasteiger partial charge in [-0.1, -0.05) is 0 Å². The fraction of sp³-hybridized carbons (Fsp3) is 0.500. The van der Waals surface area contributed by atoms with Crippen LogP contribution >= 0.6 is 0 Å². The molecule has 17 heavy (non-hydrogen) atoms. The van der Waals surface area contributed by atoms with E-state index in [2.05, 4.69) is 4.98 Å². The van der Waals surface area contributed by atoms with Crippen molar-refractivity contribution in [1.29, 1.82) is 0 Å². The highest BCUT2D eigenvalue weighted by Crippen LogP contribution is 2.27. The molecule has 92 valence electrons. The largest absolute Gasteiger partial charge is 0.489 e. The molecule has 5 nitrogen and oxygen atoms in total. The Kier molecular flexibility index (Phi) is 3.28. The maximum Gasteiger partial charge on any atom is 0.255 e. The van der Waals surface area contributed by atoms with Crippen LogP contribution in [-0.4, -0.2) is 36.0 Å². The number of aromatic nitrogens is 1. The summed E-state index contributed by atoms with van der Waals surface area (Å²) in [5.41, 5.74) is 6.71. The Morgan fingerprint density at radius 1 is 1.59 bits per heavy atom. The second kappa shape index (κ2) is 4.71. The second-order valence-electron chi connectivity index (χ2n) is 4.39. The van der Waals surface area contributed by atoms with Gasteiger partial charge in [-0.15, -0.1) is 0 Å². The van der Waals surface area contributed by atoms with Crippen LogP contribution in [0, 0.1) is 0 Å². The van der Waals surface area contributed by atoms with Gasteiger partial charge in [-0.3, -0.25) is 9.78 Å². The lowest BCUT2D eigenvalue weighted by Crippen LogP contribution is -2.24. The van der Waals surface area contributed by atoms with Gasteiger partial charge in [0.1, 0.15) is 5.75 Å². The van der Waals surface area contributed by atoms with Gasteiger partial charge in [-0.2, -0.15) is 0 Å². The lowest BCUT2D eigenvalue weighted by molar-refractivity contribution is 0.0825. The number of carbonyl (C=O) groups is 1. The number of hydrogen-bond donors (Lipinski definition) is 1. The van der Waals surface area contributed by atoms with E-state index < -0.39 is 0 Å².